The highest BCUT2D eigenvalue weighted by molar-refractivity contribution is 6.31. The Morgan fingerprint density at radius 1 is 1.31 bits per heavy atom. The van der Waals surface area contributed by atoms with Gasteiger partial charge in [0.2, 0.25) is 0 Å². The Morgan fingerprint density at radius 2 is 2.19 bits per heavy atom. The van der Waals surface area contributed by atoms with Crippen LogP contribution in [0.5, 0.6) is 0 Å². The largest absolute Gasteiger partial charge is 0.464 e. The van der Waals surface area contributed by atoms with Crippen molar-refractivity contribution in [3.8, 4) is 0 Å². The highest BCUT2D eigenvalue weighted by Gasteiger charge is 2.28. The standard InChI is InChI=1S/C20H18ClN3O2/c21-15-3-4-18-16(7-15)19(25)14(11-26-18)10-24-6-5-17-13(9-24)8-22-20(23-17)12-1-2-12/h3-4,7-8,11-12H,1-2,5-6,9-10H2. The van der Waals surface area contributed by atoms with Crippen LogP contribution in [0.15, 0.2) is 39.9 Å². The van der Waals surface area contributed by atoms with Crippen LogP contribution in [0.25, 0.3) is 11.0 Å². The van der Waals surface area contributed by atoms with Gasteiger partial charge in [-0.1, -0.05) is 11.6 Å². The SMILES string of the molecule is O=c1c(CN2CCc3nc(C4CC4)ncc3C2)coc2ccc(Cl)cc12. The van der Waals surface area contributed by atoms with E-state index in [1.165, 1.54) is 12.8 Å². The summed E-state index contributed by atoms with van der Waals surface area (Å²) in [6, 6.07) is 5.13. The third-order valence-corrected chi connectivity index (χ3v) is 5.41. The van der Waals surface area contributed by atoms with Crippen molar-refractivity contribution in [2.45, 2.75) is 38.3 Å². The molecule has 0 bridgehead atoms. The smallest absolute Gasteiger partial charge is 0.197 e. The Balaban J connectivity index is 1.39. The van der Waals surface area contributed by atoms with E-state index in [1.54, 1.807) is 24.5 Å². The van der Waals surface area contributed by atoms with E-state index < -0.39 is 0 Å². The molecule has 0 atom stereocenters. The number of hydrogen-bond donors (Lipinski definition) is 0. The highest BCUT2D eigenvalue weighted by Crippen LogP contribution is 2.38. The second kappa shape index (κ2) is 6.18. The number of rotatable bonds is 3. The summed E-state index contributed by atoms with van der Waals surface area (Å²) in [7, 11) is 0. The first kappa shape index (κ1) is 16.0. The minimum absolute atomic E-state index is 0.0140. The average molecular weight is 368 g/mol. The summed E-state index contributed by atoms with van der Waals surface area (Å²) in [6.45, 7) is 2.18. The molecule has 132 valence electrons. The normalized spacial score (nSPS) is 17.4. The number of nitrogens with zero attached hydrogens (tertiary/aromatic N) is 3. The lowest BCUT2D eigenvalue weighted by Crippen LogP contribution is -2.32. The first-order valence-electron chi connectivity index (χ1n) is 8.94. The van der Waals surface area contributed by atoms with Gasteiger partial charge in [0.1, 0.15) is 11.4 Å². The van der Waals surface area contributed by atoms with E-state index in [0.717, 1.165) is 36.6 Å². The van der Waals surface area contributed by atoms with E-state index >= 15 is 0 Å². The zero-order valence-electron chi connectivity index (χ0n) is 14.2. The van der Waals surface area contributed by atoms with Crippen molar-refractivity contribution in [2.75, 3.05) is 6.54 Å². The number of benzene rings is 1. The monoisotopic (exact) mass is 367 g/mol. The molecule has 1 aliphatic carbocycles. The van der Waals surface area contributed by atoms with Gasteiger partial charge in [0.15, 0.2) is 5.43 Å². The van der Waals surface area contributed by atoms with Crippen LogP contribution >= 0.6 is 11.6 Å². The molecule has 1 aliphatic heterocycles. The fourth-order valence-electron chi connectivity index (χ4n) is 3.56. The Kier molecular flexibility index (Phi) is 3.80. The van der Waals surface area contributed by atoms with Crippen LogP contribution in [0.1, 0.15) is 41.4 Å². The van der Waals surface area contributed by atoms with E-state index in [0.29, 0.717) is 34.0 Å². The third kappa shape index (κ3) is 2.91. The zero-order chi connectivity index (χ0) is 17.7. The molecule has 3 heterocycles. The maximum absolute atomic E-state index is 12.8. The van der Waals surface area contributed by atoms with E-state index in [2.05, 4.69) is 9.88 Å². The summed E-state index contributed by atoms with van der Waals surface area (Å²) in [4.78, 5) is 24.3. The van der Waals surface area contributed by atoms with Gasteiger partial charge in [-0.25, -0.2) is 9.97 Å². The predicted octanol–water partition coefficient (Wildman–Crippen LogP) is 3.67. The Labute approximate surface area is 155 Å². The second-order valence-electron chi connectivity index (χ2n) is 7.17. The molecule has 1 saturated carbocycles. The Hall–Kier alpha value is -2.24. The van der Waals surface area contributed by atoms with Crippen LogP contribution in [-0.2, 0) is 19.5 Å². The molecule has 3 aromatic rings. The van der Waals surface area contributed by atoms with E-state index in [4.69, 9.17) is 21.0 Å². The van der Waals surface area contributed by atoms with Gasteiger partial charge in [-0.2, -0.15) is 0 Å². The zero-order valence-corrected chi connectivity index (χ0v) is 15.0. The number of hydrogen-bond acceptors (Lipinski definition) is 5. The van der Waals surface area contributed by atoms with Gasteiger partial charge in [-0.3, -0.25) is 9.69 Å². The highest BCUT2D eigenvalue weighted by atomic mass is 35.5. The Bertz CT molecular complexity index is 1060. The van der Waals surface area contributed by atoms with Gasteiger partial charge in [0.25, 0.3) is 0 Å². The maximum Gasteiger partial charge on any atom is 0.197 e. The molecule has 0 saturated heterocycles. The summed E-state index contributed by atoms with van der Waals surface area (Å²) in [5.74, 6) is 1.58. The minimum atomic E-state index is -0.0140. The van der Waals surface area contributed by atoms with Crippen molar-refractivity contribution in [1.82, 2.24) is 14.9 Å². The van der Waals surface area contributed by atoms with Crippen molar-refractivity contribution in [3.63, 3.8) is 0 Å². The molecule has 0 N–H and O–H groups in total. The second-order valence-corrected chi connectivity index (χ2v) is 7.60. The van der Waals surface area contributed by atoms with Crippen LogP contribution in [0.2, 0.25) is 5.02 Å². The van der Waals surface area contributed by atoms with Crippen molar-refractivity contribution < 1.29 is 4.42 Å². The lowest BCUT2D eigenvalue weighted by atomic mass is 10.1. The molecular formula is C20H18ClN3O2. The molecule has 2 aromatic heterocycles. The molecule has 0 amide bonds. The summed E-state index contributed by atoms with van der Waals surface area (Å²) in [5, 5.41) is 1.07. The first-order chi connectivity index (χ1) is 12.7. The van der Waals surface area contributed by atoms with E-state index in [1.807, 2.05) is 6.20 Å². The molecule has 1 fully saturated rings. The molecule has 0 radical (unpaired) electrons. The molecule has 6 heteroatoms. The molecule has 5 nitrogen and oxygen atoms in total. The van der Waals surface area contributed by atoms with Gasteiger partial charge in [0.05, 0.1) is 11.6 Å². The third-order valence-electron chi connectivity index (χ3n) is 5.17. The number of fused-ring (bicyclic) bond motifs is 2. The Morgan fingerprint density at radius 3 is 3.04 bits per heavy atom. The van der Waals surface area contributed by atoms with Crippen molar-refractivity contribution in [3.05, 3.63) is 68.6 Å². The van der Waals surface area contributed by atoms with Gasteiger partial charge < -0.3 is 4.42 Å². The van der Waals surface area contributed by atoms with Gasteiger partial charge >= 0.3 is 0 Å². The van der Waals surface area contributed by atoms with Gasteiger partial charge in [-0.15, -0.1) is 0 Å². The van der Waals surface area contributed by atoms with Gasteiger partial charge in [0, 0.05) is 60.0 Å². The summed E-state index contributed by atoms with van der Waals surface area (Å²) in [5.41, 5.74) is 3.52. The fraction of sp³-hybridized carbons (Fsp3) is 0.350. The molecule has 0 spiro atoms. The maximum atomic E-state index is 12.8. The topological polar surface area (TPSA) is 59.2 Å². The molecular weight excluding hydrogens is 350 g/mol. The number of halogens is 1. The van der Waals surface area contributed by atoms with E-state index in [9.17, 15) is 4.79 Å². The van der Waals surface area contributed by atoms with Crippen molar-refractivity contribution >= 4 is 22.6 Å². The van der Waals surface area contributed by atoms with Crippen LogP contribution < -0.4 is 5.43 Å². The number of aromatic nitrogens is 2. The summed E-state index contributed by atoms with van der Waals surface area (Å²) in [6.07, 6.45) is 6.85. The van der Waals surface area contributed by atoms with Crippen molar-refractivity contribution in [2.24, 2.45) is 0 Å². The van der Waals surface area contributed by atoms with Crippen LogP contribution in [0, 0.1) is 0 Å². The fourth-order valence-corrected chi connectivity index (χ4v) is 3.73. The molecule has 26 heavy (non-hydrogen) atoms. The molecule has 1 aromatic carbocycles. The van der Waals surface area contributed by atoms with Crippen LogP contribution in [-0.4, -0.2) is 21.4 Å². The average Bonchev–Trinajstić information content (AvgIpc) is 3.49. The van der Waals surface area contributed by atoms with E-state index in [-0.39, 0.29) is 5.43 Å². The summed E-state index contributed by atoms with van der Waals surface area (Å²) < 4.78 is 5.63. The first-order valence-corrected chi connectivity index (χ1v) is 9.32. The summed E-state index contributed by atoms with van der Waals surface area (Å²) >= 11 is 6.03. The quantitative estimate of drug-likeness (QED) is 0.706. The van der Waals surface area contributed by atoms with Crippen LogP contribution in [0.4, 0.5) is 0 Å². The van der Waals surface area contributed by atoms with Gasteiger partial charge in [-0.05, 0) is 31.0 Å². The lowest BCUT2D eigenvalue weighted by molar-refractivity contribution is 0.240. The van der Waals surface area contributed by atoms with Crippen molar-refractivity contribution in [1.29, 1.82) is 0 Å². The lowest BCUT2D eigenvalue weighted by Gasteiger charge is -2.27. The predicted molar refractivity (Wildman–Crippen MR) is 99.3 cm³/mol. The minimum Gasteiger partial charge on any atom is -0.464 e. The molecule has 2 aliphatic rings. The molecule has 0 unspecified atom stereocenters. The molecule has 5 rings (SSSR count). The van der Waals surface area contributed by atoms with Crippen LogP contribution in [0.3, 0.4) is 0 Å².